The summed E-state index contributed by atoms with van der Waals surface area (Å²) >= 11 is 3.52. The summed E-state index contributed by atoms with van der Waals surface area (Å²) in [6.07, 6.45) is 5.73. The zero-order valence-electron chi connectivity index (χ0n) is 15.9. The van der Waals surface area contributed by atoms with Crippen LogP contribution in [0.5, 0.6) is 0 Å². The SMILES string of the molecule is CCNC(=NCC1(c2ccc(Br)cc2)CCC1)NCCNC(=O)C1CC1.I. The molecule has 3 rings (SSSR count). The maximum Gasteiger partial charge on any atom is 0.223 e. The van der Waals surface area contributed by atoms with Gasteiger partial charge in [0, 0.05) is 35.4 Å². The second-order valence-corrected chi connectivity index (χ2v) is 8.24. The zero-order chi connectivity index (χ0) is 18.4. The molecule has 0 saturated heterocycles. The smallest absolute Gasteiger partial charge is 0.223 e. The average molecular weight is 549 g/mol. The number of nitrogens with one attached hydrogen (secondary N) is 3. The van der Waals surface area contributed by atoms with Gasteiger partial charge < -0.3 is 16.0 Å². The van der Waals surface area contributed by atoms with Gasteiger partial charge in [0.2, 0.25) is 5.91 Å². The Morgan fingerprint density at radius 2 is 1.81 bits per heavy atom. The molecule has 2 saturated carbocycles. The molecule has 27 heavy (non-hydrogen) atoms. The lowest BCUT2D eigenvalue weighted by atomic mass is 9.64. The van der Waals surface area contributed by atoms with Gasteiger partial charge in [-0.1, -0.05) is 34.5 Å². The molecule has 150 valence electrons. The Kier molecular flexibility index (Phi) is 8.85. The van der Waals surface area contributed by atoms with E-state index in [2.05, 4.69) is 63.1 Å². The summed E-state index contributed by atoms with van der Waals surface area (Å²) in [6.45, 7) is 5.01. The molecule has 1 aromatic rings. The molecular formula is C20H30BrIN4O. The average Bonchev–Trinajstić information content (AvgIpc) is 3.44. The Bertz CT molecular complexity index is 642. The first kappa shape index (κ1) is 22.5. The lowest BCUT2D eigenvalue weighted by Crippen LogP contribution is -2.44. The summed E-state index contributed by atoms with van der Waals surface area (Å²) in [5, 5.41) is 9.62. The molecule has 0 aliphatic heterocycles. The van der Waals surface area contributed by atoms with E-state index in [0.29, 0.717) is 13.1 Å². The molecule has 0 bridgehead atoms. The highest BCUT2D eigenvalue weighted by molar-refractivity contribution is 14.0. The molecule has 7 heteroatoms. The molecular weight excluding hydrogens is 519 g/mol. The van der Waals surface area contributed by atoms with Crippen molar-refractivity contribution in [3.63, 3.8) is 0 Å². The Morgan fingerprint density at radius 3 is 2.37 bits per heavy atom. The lowest BCUT2D eigenvalue weighted by Gasteiger charge is -2.41. The van der Waals surface area contributed by atoms with E-state index < -0.39 is 0 Å². The van der Waals surface area contributed by atoms with Crippen molar-refractivity contribution < 1.29 is 4.79 Å². The number of carbonyl (C=O) groups excluding carboxylic acids is 1. The minimum absolute atomic E-state index is 0. The van der Waals surface area contributed by atoms with E-state index in [0.717, 1.165) is 36.4 Å². The van der Waals surface area contributed by atoms with Gasteiger partial charge in [-0.05, 0) is 50.3 Å². The van der Waals surface area contributed by atoms with Gasteiger partial charge in [0.05, 0.1) is 6.54 Å². The molecule has 5 nitrogen and oxygen atoms in total. The Morgan fingerprint density at radius 1 is 1.15 bits per heavy atom. The van der Waals surface area contributed by atoms with Crippen molar-refractivity contribution in [2.75, 3.05) is 26.2 Å². The third-order valence-corrected chi connectivity index (χ3v) is 5.84. The van der Waals surface area contributed by atoms with E-state index in [1.807, 2.05) is 0 Å². The summed E-state index contributed by atoms with van der Waals surface area (Å²) in [4.78, 5) is 16.5. The Hall–Kier alpha value is -0.830. The summed E-state index contributed by atoms with van der Waals surface area (Å²) in [5.41, 5.74) is 1.55. The third kappa shape index (κ3) is 6.34. The second-order valence-electron chi connectivity index (χ2n) is 7.33. The number of rotatable bonds is 8. The topological polar surface area (TPSA) is 65.5 Å². The summed E-state index contributed by atoms with van der Waals surface area (Å²) < 4.78 is 1.11. The van der Waals surface area contributed by atoms with Crippen LogP contribution in [0, 0.1) is 5.92 Å². The van der Waals surface area contributed by atoms with E-state index in [1.165, 1.54) is 24.8 Å². The van der Waals surface area contributed by atoms with Crippen LogP contribution in [0.1, 0.15) is 44.6 Å². The highest BCUT2D eigenvalue weighted by atomic mass is 127. The molecule has 0 unspecified atom stereocenters. The number of guanidine groups is 1. The Labute approximate surface area is 187 Å². The van der Waals surface area contributed by atoms with Crippen LogP contribution < -0.4 is 16.0 Å². The first-order chi connectivity index (χ1) is 12.6. The zero-order valence-corrected chi connectivity index (χ0v) is 19.8. The fourth-order valence-corrected chi connectivity index (χ4v) is 3.64. The number of halogens is 2. The molecule has 0 spiro atoms. The van der Waals surface area contributed by atoms with Crippen LogP contribution in [0.4, 0.5) is 0 Å². The predicted molar refractivity (Wildman–Crippen MR) is 125 cm³/mol. The van der Waals surface area contributed by atoms with Gasteiger partial charge in [0.1, 0.15) is 0 Å². The van der Waals surface area contributed by atoms with Crippen molar-refractivity contribution in [2.45, 2.75) is 44.4 Å². The predicted octanol–water partition coefficient (Wildman–Crippen LogP) is 3.57. The number of amides is 1. The van der Waals surface area contributed by atoms with Gasteiger partial charge in [0.25, 0.3) is 0 Å². The molecule has 0 heterocycles. The highest BCUT2D eigenvalue weighted by Gasteiger charge is 2.38. The van der Waals surface area contributed by atoms with Crippen LogP contribution in [0.25, 0.3) is 0 Å². The van der Waals surface area contributed by atoms with Gasteiger partial charge >= 0.3 is 0 Å². The molecule has 1 aromatic carbocycles. The normalized spacial score (nSPS) is 18.1. The second kappa shape index (κ2) is 10.6. The minimum Gasteiger partial charge on any atom is -0.357 e. The molecule has 0 aromatic heterocycles. The molecule has 0 atom stereocenters. The van der Waals surface area contributed by atoms with Gasteiger partial charge in [-0.15, -0.1) is 24.0 Å². The molecule has 3 N–H and O–H groups in total. The summed E-state index contributed by atoms with van der Waals surface area (Å²) in [6, 6.07) is 8.66. The third-order valence-electron chi connectivity index (χ3n) is 5.32. The van der Waals surface area contributed by atoms with Crippen LogP contribution in [-0.4, -0.2) is 38.0 Å². The van der Waals surface area contributed by atoms with E-state index in [1.54, 1.807) is 0 Å². The van der Waals surface area contributed by atoms with Crippen LogP contribution in [0.15, 0.2) is 33.7 Å². The van der Waals surface area contributed by atoms with E-state index in [-0.39, 0.29) is 41.2 Å². The summed E-state index contributed by atoms with van der Waals surface area (Å²) in [5.74, 6) is 1.29. The van der Waals surface area contributed by atoms with Gasteiger partial charge in [-0.25, -0.2) is 0 Å². The Balaban J connectivity index is 0.00000261. The molecule has 2 aliphatic carbocycles. The van der Waals surface area contributed by atoms with E-state index in [9.17, 15) is 4.79 Å². The standard InChI is InChI=1S/C20H29BrN4O.HI/c1-2-22-19(24-13-12-23-18(26)15-4-5-15)25-14-20(10-3-11-20)16-6-8-17(21)9-7-16;/h6-9,15H,2-5,10-14H2,1H3,(H,23,26)(H2,22,24,25);1H. The van der Waals surface area contributed by atoms with Crippen molar-refractivity contribution in [1.29, 1.82) is 0 Å². The first-order valence-electron chi connectivity index (χ1n) is 9.69. The summed E-state index contributed by atoms with van der Waals surface area (Å²) in [7, 11) is 0. The fraction of sp³-hybridized carbons (Fsp3) is 0.600. The van der Waals surface area contributed by atoms with Gasteiger partial charge in [0.15, 0.2) is 5.96 Å². The van der Waals surface area contributed by atoms with Crippen molar-refractivity contribution >= 4 is 51.8 Å². The van der Waals surface area contributed by atoms with Crippen LogP contribution in [-0.2, 0) is 10.2 Å². The molecule has 2 aliphatic rings. The van der Waals surface area contributed by atoms with Crippen LogP contribution in [0.2, 0.25) is 0 Å². The van der Waals surface area contributed by atoms with Crippen molar-refractivity contribution in [3.8, 4) is 0 Å². The van der Waals surface area contributed by atoms with E-state index in [4.69, 9.17) is 4.99 Å². The molecule has 1 amide bonds. The van der Waals surface area contributed by atoms with Crippen molar-refractivity contribution in [3.05, 3.63) is 34.3 Å². The quantitative estimate of drug-likeness (QED) is 0.201. The van der Waals surface area contributed by atoms with E-state index >= 15 is 0 Å². The number of aliphatic imine (C=N–C) groups is 1. The fourth-order valence-electron chi connectivity index (χ4n) is 3.37. The maximum atomic E-state index is 11.7. The molecule has 2 fully saturated rings. The monoisotopic (exact) mass is 548 g/mol. The number of nitrogens with zero attached hydrogens (tertiary/aromatic N) is 1. The number of benzene rings is 1. The molecule has 0 radical (unpaired) electrons. The van der Waals surface area contributed by atoms with Gasteiger partial charge in [-0.2, -0.15) is 0 Å². The highest BCUT2D eigenvalue weighted by Crippen LogP contribution is 2.44. The minimum atomic E-state index is 0. The lowest BCUT2D eigenvalue weighted by molar-refractivity contribution is -0.122. The maximum absolute atomic E-state index is 11.7. The van der Waals surface area contributed by atoms with Crippen LogP contribution >= 0.6 is 39.9 Å². The first-order valence-corrected chi connectivity index (χ1v) is 10.5. The number of hydrogen-bond donors (Lipinski definition) is 3. The number of hydrogen-bond acceptors (Lipinski definition) is 2. The van der Waals surface area contributed by atoms with Crippen molar-refractivity contribution in [2.24, 2.45) is 10.9 Å². The van der Waals surface area contributed by atoms with Crippen molar-refractivity contribution in [1.82, 2.24) is 16.0 Å². The van der Waals surface area contributed by atoms with Gasteiger partial charge in [-0.3, -0.25) is 9.79 Å². The van der Waals surface area contributed by atoms with Crippen LogP contribution in [0.3, 0.4) is 0 Å². The number of carbonyl (C=O) groups is 1. The largest absolute Gasteiger partial charge is 0.357 e.